The van der Waals surface area contributed by atoms with Crippen LogP contribution in [-0.4, -0.2) is 38.0 Å². The zero-order valence-corrected chi connectivity index (χ0v) is 16.0. The van der Waals surface area contributed by atoms with E-state index in [9.17, 15) is 21.6 Å². The summed E-state index contributed by atoms with van der Waals surface area (Å²) in [5.41, 5.74) is -0.776. The topological polar surface area (TPSA) is 99.0 Å². The molecule has 1 N–H and O–H groups in total. The van der Waals surface area contributed by atoms with Gasteiger partial charge in [0.1, 0.15) is 6.07 Å². The highest BCUT2D eigenvalue weighted by Crippen LogP contribution is 2.30. The Morgan fingerprint density at radius 2 is 1.90 bits per heavy atom. The van der Waals surface area contributed by atoms with Gasteiger partial charge in [0.05, 0.1) is 10.5 Å². The molecule has 0 unspecified atom stereocenters. The Kier molecular flexibility index (Phi) is 6.04. The number of halogens is 3. The number of nitrogens with one attached hydrogen (secondary N) is 1. The minimum absolute atomic E-state index is 0.0223. The van der Waals surface area contributed by atoms with Crippen LogP contribution in [0.2, 0.25) is 0 Å². The Morgan fingerprint density at radius 3 is 2.55 bits per heavy atom. The maximum atomic E-state index is 12.8. The molecule has 1 aliphatic rings. The molecule has 7 nitrogen and oxygen atoms in total. The summed E-state index contributed by atoms with van der Waals surface area (Å²) in [5.74, 6) is 0.520. The maximum Gasteiger partial charge on any atom is 0.416 e. The number of piperidine rings is 1. The van der Waals surface area contributed by atoms with Crippen molar-refractivity contribution < 1.29 is 21.6 Å². The summed E-state index contributed by atoms with van der Waals surface area (Å²) < 4.78 is 65.6. The van der Waals surface area contributed by atoms with E-state index in [-0.39, 0.29) is 18.2 Å². The standard InChI is InChI=1S/C18H18F3N5O2S/c19-18(20,21)14-2-1-3-15(10-14)29(27,28)25-12-13-4-8-26(9-5-13)17-16(11-22)23-6-7-24-17/h1-3,6-7,10,13,25H,4-5,8-9,12H2. The summed E-state index contributed by atoms with van der Waals surface area (Å²) in [6, 6.07) is 5.66. The second kappa shape index (κ2) is 8.34. The first-order valence-corrected chi connectivity index (χ1v) is 10.3. The van der Waals surface area contributed by atoms with Gasteiger partial charge < -0.3 is 4.90 Å². The van der Waals surface area contributed by atoms with Crippen LogP contribution >= 0.6 is 0 Å². The molecule has 0 spiro atoms. The van der Waals surface area contributed by atoms with Gasteiger partial charge >= 0.3 is 6.18 Å². The van der Waals surface area contributed by atoms with Crippen molar-refractivity contribution in [3.63, 3.8) is 0 Å². The Bertz CT molecular complexity index is 1010. The molecule has 0 atom stereocenters. The Morgan fingerprint density at radius 1 is 1.21 bits per heavy atom. The summed E-state index contributed by atoms with van der Waals surface area (Å²) in [6.45, 7) is 1.27. The molecule has 29 heavy (non-hydrogen) atoms. The third-order valence-electron chi connectivity index (χ3n) is 4.73. The fraction of sp³-hybridized carbons (Fsp3) is 0.389. The van der Waals surface area contributed by atoms with Crippen molar-refractivity contribution >= 4 is 15.8 Å². The highest BCUT2D eigenvalue weighted by Gasteiger charge is 2.32. The highest BCUT2D eigenvalue weighted by molar-refractivity contribution is 7.89. The number of rotatable bonds is 5. The summed E-state index contributed by atoms with van der Waals surface area (Å²) in [7, 11) is -4.05. The lowest BCUT2D eigenvalue weighted by molar-refractivity contribution is -0.137. The SMILES string of the molecule is N#Cc1nccnc1N1CCC(CNS(=O)(=O)c2cccc(C(F)(F)F)c2)CC1. The van der Waals surface area contributed by atoms with Gasteiger partial charge in [-0.15, -0.1) is 0 Å². The van der Waals surface area contributed by atoms with Crippen molar-refractivity contribution in [1.29, 1.82) is 5.26 Å². The van der Waals surface area contributed by atoms with Gasteiger partial charge in [-0.2, -0.15) is 18.4 Å². The van der Waals surface area contributed by atoms with Crippen LogP contribution in [0.3, 0.4) is 0 Å². The Labute approximate surface area is 166 Å². The number of nitrogens with zero attached hydrogens (tertiary/aromatic N) is 4. The largest absolute Gasteiger partial charge is 0.416 e. The molecule has 2 aromatic rings. The second-order valence-electron chi connectivity index (χ2n) is 6.65. The van der Waals surface area contributed by atoms with E-state index in [1.165, 1.54) is 12.4 Å². The average Bonchev–Trinajstić information content (AvgIpc) is 2.72. The summed E-state index contributed by atoms with van der Waals surface area (Å²) >= 11 is 0. The third kappa shape index (κ3) is 5.02. The molecule has 3 rings (SSSR count). The first kappa shape index (κ1) is 21.0. The Balaban J connectivity index is 1.60. The van der Waals surface area contributed by atoms with Crippen molar-refractivity contribution in [3.8, 4) is 6.07 Å². The van der Waals surface area contributed by atoms with Crippen molar-refractivity contribution in [2.24, 2.45) is 5.92 Å². The molecule has 0 radical (unpaired) electrons. The first-order chi connectivity index (χ1) is 13.7. The highest BCUT2D eigenvalue weighted by atomic mass is 32.2. The minimum atomic E-state index is -4.61. The molecule has 1 fully saturated rings. The molecule has 1 saturated heterocycles. The van der Waals surface area contributed by atoms with Crippen molar-refractivity contribution in [2.45, 2.75) is 23.9 Å². The summed E-state index contributed by atoms with van der Waals surface area (Å²) in [6.07, 6.45) is -0.372. The molecular weight excluding hydrogens is 407 g/mol. The second-order valence-corrected chi connectivity index (χ2v) is 8.42. The van der Waals surface area contributed by atoms with Crippen LogP contribution in [0.25, 0.3) is 0 Å². The van der Waals surface area contributed by atoms with Crippen molar-refractivity contribution in [1.82, 2.24) is 14.7 Å². The third-order valence-corrected chi connectivity index (χ3v) is 6.15. The first-order valence-electron chi connectivity index (χ1n) is 8.83. The number of benzene rings is 1. The lowest BCUT2D eigenvalue weighted by atomic mass is 9.97. The summed E-state index contributed by atoms with van der Waals surface area (Å²) in [5, 5.41) is 9.13. The van der Waals surface area contributed by atoms with Gasteiger partial charge in [0.25, 0.3) is 0 Å². The molecule has 1 aromatic heterocycles. The van der Waals surface area contributed by atoms with Crippen molar-refractivity contribution in [3.05, 3.63) is 47.9 Å². The minimum Gasteiger partial charge on any atom is -0.354 e. The zero-order chi connectivity index (χ0) is 21.1. The van der Waals surface area contributed by atoms with Crippen LogP contribution in [0.4, 0.5) is 19.0 Å². The number of anilines is 1. The van der Waals surface area contributed by atoms with E-state index in [1.807, 2.05) is 11.0 Å². The van der Waals surface area contributed by atoms with Crippen LogP contribution in [0, 0.1) is 17.2 Å². The number of aromatic nitrogens is 2. The van der Waals surface area contributed by atoms with Gasteiger partial charge in [-0.25, -0.2) is 23.1 Å². The van der Waals surface area contributed by atoms with Crippen molar-refractivity contribution in [2.75, 3.05) is 24.5 Å². The van der Waals surface area contributed by atoms with Crippen LogP contribution < -0.4 is 9.62 Å². The fourth-order valence-electron chi connectivity index (χ4n) is 3.14. The quantitative estimate of drug-likeness (QED) is 0.791. The molecular formula is C18H18F3N5O2S. The van der Waals surface area contributed by atoms with Crippen LogP contribution in [-0.2, 0) is 16.2 Å². The van der Waals surface area contributed by atoms with E-state index in [2.05, 4.69) is 14.7 Å². The van der Waals surface area contributed by atoms with E-state index in [0.717, 1.165) is 18.2 Å². The molecule has 0 amide bonds. The van der Waals surface area contributed by atoms with Crippen LogP contribution in [0.5, 0.6) is 0 Å². The van der Waals surface area contributed by atoms with Gasteiger partial charge in [-0.1, -0.05) is 6.07 Å². The lowest BCUT2D eigenvalue weighted by Crippen LogP contribution is -2.39. The molecule has 1 aliphatic heterocycles. The molecule has 154 valence electrons. The summed E-state index contributed by atoms with van der Waals surface area (Å²) in [4.78, 5) is 9.68. The molecule has 1 aromatic carbocycles. The number of hydrogen-bond acceptors (Lipinski definition) is 6. The van der Waals surface area contributed by atoms with Crippen LogP contribution in [0.1, 0.15) is 24.1 Å². The fourth-order valence-corrected chi connectivity index (χ4v) is 4.30. The number of alkyl halides is 3. The molecule has 11 heteroatoms. The molecule has 0 aliphatic carbocycles. The average molecular weight is 425 g/mol. The Hall–Kier alpha value is -2.71. The zero-order valence-electron chi connectivity index (χ0n) is 15.2. The van der Waals surface area contributed by atoms with Gasteiger partial charge in [-0.05, 0) is 37.0 Å². The molecule has 0 bridgehead atoms. The van der Waals surface area contributed by atoms with Crippen LogP contribution in [0.15, 0.2) is 41.6 Å². The van der Waals surface area contributed by atoms with E-state index >= 15 is 0 Å². The van der Waals surface area contributed by atoms with E-state index in [4.69, 9.17) is 5.26 Å². The maximum absolute atomic E-state index is 12.8. The normalized spacial score (nSPS) is 15.9. The van der Waals surface area contributed by atoms with E-state index in [0.29, 0.717) is 37.8 Å². The van der Waals surface area contributed by atoms with Gasteiger partial charge in [0.15, 0.2) is 11.5 Å². The molecule has 0 saturated carbocycles. The lowest BCUT2D eigenvalue weighted by Gasteiger charge is -2.32. The number of sulfonamides is 1. The number of nitriles is 1. The molecule has 2 heterocycles. The van der Waals surface area contributed by atoms with Gasteiger partial charge in [0, 0.05) is 32.0 Å². The predicted octanol–water partition coefficient (Wildman–Crippen LogP) is 2.56. The predicted molar refractivity (Wildman–Crippen MR) is 98.3 cm³/mol. The van der Waals surface area contributed by atoms with Gasteiger partial charge in [0.2, 0.25) is 10.0 Å². The smallest absolute Gasteiger partial charge is 0.354 e. The number of hydrogen-bond donors (Lipinski definition) is 1. The monoisotopic (exact) mass is 425 g/mol. The van der Waals surface area contributed by atoms with E-state index < -0.39 is 26.7 Å². The van der Waals surface area contributed by atoms with E-state index in [1.54, 1.807) is 0 Å². The van der Waals surface area contributed by atoms with Gasteiger partial charge in [-0.3, -0.25) is 0 Å².